The van der Waals surface area contributed by atoms with Crippen molar-refractivity contribution in [1.82, 2.24) is 14.9 Å². The number of fused-ring (bicyclic) bond motifs is 1. The summed E-state index contributed by atoms with van der Waals surface area (Å²) in [7, 11) is 1.58. The molecule has 3 aromatic carbocycles. The van der Waals surface area contributed by atoms with Crippen LogP contribution in [0.5, 0.6) is 5.75 Å². The summed E-state index contributed by atoms with van der Waals surface area (Å²) in [5, 5.41) is 2.96. The average molecular weight is 417 g/mol. The van der Waals surface area contributed by atoms with E-state index in [9.17, 15) is 9.18 Å². The van der Waals surface area contributed by atoms with Gasteiger partial charge in [-0.05, 0) is 54.4 Å². The third-order valence-electron chi connectivity index (χ3n) is 5.18. The van der Waals surface area contributed by atoms with E-state index in [1.807, 2.05) is 30.3 Å². The van der Waals surface area contributed by atoms with Gasteiger partial charge < -0.3 is 14.6 Å². The second-order valence-electron chi connectivity index (χ2n) is 7.32. The molecule has 0 saturated carbocycles. The monoisotopic (exact) mass is 417 g/mol. The molecule has 4 aromatic rings. The Hall–Kier alpha value is -3.67. The minimum atomic E-state index is -0.244. The molecule has 31 heavy (non-hydrogen) atoms. The molecule has 0 aliphatic rings. The maximum atomic E-state index is 13.3. The van der Waals surface area contributed by atoms with Gasteiger partial charge in [0.1, 0.15) is 17.4 Å². The number of rotatable bonds is 8. The van der Waals surface area contributed by atoms with Gasteiger partial charge in [-0.15, -0.1) is 0 Å². The molecule has 1 heterocycles. The zero-order chi connectivity index (χ0) is 21.6. The largest absolute Gasteiger partial charge is 0.497 e. The van der Waals surface area contributed by atoms with E-state index < -0.39 is 0 Å². The molecular formula is C25H24FN3O2. The normalized spacial score (nSPS) is 10.9. The standard InChI is InChI=1S/C25H24FN3O2/c1-31-21-7-4-6-19(16-21)25(30)27-15-5-10-24-28-22-8-2-3-9-23(22)29(24)17-18-11-13-20(26)14-12-18/h2-4,6-9,11-14,16H,5,10,15,17H2,1H3,(H,27,30). The summed E-state index contributed by atoms with van der Waals surface area (Å²) in [5.74, 6) is 1.23. The summed E-state index contributed by atoms with van der Waals surface area (Å²) in [5.41, 5.74) is 3.56. The van der Waals surface area contributed by atoms with Gasteiger partial charge in [-0.2, -0.15) is 0 Å². The van der Waals surface area contributed by atoms with Gasteiger partial charge in [0.15, 0.2) is 0 Å². The first-order chi connectivity index (χ1) is 15.1. The highest BCUT2D eigenvalue weighted by Gasteiger charge is 2.12. The van der Waals surface area contributed by atoms with Crippen LogP contribution in [0.25, 0.3) is 11.0 Å². The molecule has 0 bridgehead atoms. The number of ether oxygens (including phenoxy) is 1. The van der Waals surface area contributed by atoms with Crippen molar-refractivity contribution in [3.8, 4) is 5.75 Å². The fourth-order valence-corrected chi connectivity index (χ4v) is 3.58. The lowest BCUT2D eigenvalue weighted by Gasteiger charge is -2.10. The molecule has 4 rings (SSSR count). The summed E-state index contributed by atoms with van der Waals surface area (Å²) in [6.07, 6.45) is 1.47. The van der Waals surface area contributed by atoms with E-state index in [2.05, 4.69) is 9.88 Å². The quantitative estimate of drug-likeness (QED) is 0.427. The highest BCUT2D eigenvalue weighted by atomic mass is 19.1. The molecule has 6 heteroatoms. The van der Waals surface area contributed by atoms with Gasteiger partial charge in [-0.3, -0.25) is 4.79 Å². The van der Waals surface area contributed by atoms with Crippen LogP contribution in [-0.4, -0.2) is 29.1 Å². The molecule has 0 aliphatic heterocycles. The summed E-state index contributed by atoms with van der Waals surface area (Å²) in [4.78, 5) is 17.2. The van der Waals surface area contributed by atoms with Crippen LogP contribution < -0.4 is 10.1 Å². The Kier molecular flexibility index (Phi) is 6.26. The second-order valence-corrected chi connectivity index (χ2v) is 7.32. The van der Waals surface area contributed by atoms with E-state index >= 15 is 0 Å². The summed E-state index contributed by atoms with van der Waals surface area (Å²) in [6.45, 7) is 1.15. The van der Waals surface area contributed by atoms with Crippen LogP contribution in [-0.2, 0) is 13.0 Å². The predicted molar refractivity (Wildman–Crippen MR) is 119 cm³/mol. The summed E-state index contributed by atoms with van der Waals surface area (Å²) >= 11 is 0. The third-order valence-corrected chi connectivity index (χ3v) is 5.18. The minimum Gasteiger partial charge on any atom is -0.497 e. The lowest BCUT2D eigenvalue weighted by atomic mass is 10.2. The zero-order valence-corrected chi connectivity index (χ0v) is 17.3. The van der Waals surface area contributed by atoms with Gasteiger partial charge in [0.25, 0.3) is 5.91 Å². The fraction of sp³-hybridized carbons (Fsp3) is 0.200. The molecule has 0 saturated heterocycles. The Morgan fingerprint density at radius 1 is 1.06 bits per heavy atom. The molecule has 0 unspecified atom stereocenters. The van der Waals surface area contributed by atoms with Crippen molar-refractivity contribution in [2.24, 2.45) is 0 Å². The van der Waals surface area contributed by atoms with E-state index in [4.69, 9.17) is 9.72 Å². The average Bonchev–Trinajstić information content (AvgIpc) is 3.15. The van der Waals surface area contributed by atoms with Crippen LogP contribution in [0.15, 0.2) is 72.8 Å². The van der Waals surface area contributed by atoms with Crippen molar-refractivity contribution in [2.75, 3.05) is 13.7 Å². The highest BCUT2D eigenvalue weighted by Crippen LogP contribution is 2.19. The van der Waals surface area contributed by atoms with Gasteiger partial charge in [0, 0.05) is 25.1 Å². The maximum absolute atomic E-state index is 13.3. The molecule has 5 nitrogen and oxygen atoms in total. The number of methoxy groups -OCH3 is 1. The minimum absolute atomic E-state index is 0.126. The van der Waals surface area contributed by atoms with E-state index in [0.29, 0.717) is 30.8 Å². The molecule has 1 amide bonds. The number of carbonyl (C=O) groups is 1. The Morgan fingerprint density at radius 2 is 1.87 bits per heavy atom. The number of hydrogen-bond donors (Lipinski definition) is 1. The van der Waals surface area contributed by atoms with Gasteiger partial charge in [0.2, 0.25) is 0 Å². The predicted octanol–water partition coefficient (Wildman–Crippen LogP) is 4.59. The molecule has 0 atom stereocenters. The molecule has 1 N–H and O–H groups in total. The number of carbonyl (C=O) groups excluding carboxylic acids is 1. The Labute approximate surface area is 180 Å². The zero-order valence-electron chi connectivity index (χ0n) is 17.3. The van der Waals surface area contributed by atoms with Crippen molar-refractivity contribution in [2.45, 2.75) is 19.4 Å². The molecule has 0 spiro atoms. The van der Waals surface area contributed by atoms with Crippen LogP contribution in [0.1, 0.15) is 28.2 Å². The Bertz CT molecular complexity index is 1190. The second kappa shape index (κ2) is 9.43. The van der Waals surface area contributed by atoms with Crippen LogP contribution >= 0.6 is 0 Å². The number of aryl methyl sites for hydroxylation is 1. The van der Waals surface area contributed by atoms with Crippen LogP contribution in [0.3, 0.4) is 0 Å². The first-order valence-electron chi connectivity index (χ1n) is 10.2. The number of nitrogens with one attached hydrogen (secondary N) is 1. The number of benzene rings is 3. The Balaban J connectivity index is 1.43. The van der Waals surface area contributed by atoms with Gasteiger partial charge in [0.05, 0.1) is 18.1 Å². The number of nitrogens with zero attached hydrogens (tertiary/aromatic N) is 2. The highest BCUT2D eigenvalue weighted by molar-refractivity contribution is 5.94. The van der Waals surface area contributed by atoms with Crippen molar-refractivity contribution in [3.63, 3.8) is 0 Å². The molecule has 0 aliphatic carbocycles. The van der Waals surface area contributed by atoms with E-state index in [1.54, 1.807) is 37.4 Å². The number of aromatic nitrogens is 2. The first-order valence-corrected chi connectivity index (χ1v) is 10.2. The molecule has 158 valence electrons. The fourth-order valence-electron chi connectivity index (χ4n) is 3.58. The smallest absolute Gasteiger partial charge is 0.251 e. The third kappa shape index (κ3) is 4.91. The van der Waals surface area contributed by atoms with Gasteiger partial charge in [-0.1, -0.05) is 30.3 Å². The SMILES string of the molecule is COc1cccc(C(=O)NCCCc2nc3ccccc3n2Cc2ccc(F)cc2)c1. The molecular weight excluding hydrogens is 393 g/mol. The molecule has 0 fully saturated rings. The van der Waals surface area contributed by atoms with Gasteiger partial charge >= 0.3 is 0 Å². The topological polar surface area (TPSA) is 56.1 Å². The number of amides is 1. The Morgan fingerprint density at radius 3 is 2.68 bits per heavy atom. The van der Waals surface area contributed by atoms with Crippen LogP contribution in [0.4, 0.5) is 4.39 Å². The number of imidazole rings is 1. The van der Waals surface area contributed by atoms with Gasteiger partial charge in [-0.25, -0.2) is 9.37 Å². The summed E-state index contributed by atoms with van der Waals surface area (Å²) in [6, 6.07) is 21.6. The molecule has 1 aromatic heterocycles. The number of para-hydroxylation sites is 2. The van der Waals surface area contributed by atoms with Crippen molar-refractivity contribution in [3.05, 3.63) is 95.6 Å². The van der Waals surface area contributed by atoms with E-state index in [0.717, 1.165) is 28.8 Å². The van der Waals surface area contributed by atoms with Crippen LogP contribution in [0, 0.1) is 5.82 Å². The van der Waals surface area contributed by atoms with E-state index in [-0.39, 0.29) is 11.7 Å². The number of hydrogen-bond acceptors (Lipinski definition) is 3. The van der Waals surface area contributed by atoms with Crippen molar-refractivity contribution >= 4 is 16.9 Å². The van der Waals surface area contributed by atoms with Crippen molar-refractivity contribution < 1.29 is 13.9 Å². The maximum Gasteiger partial charge on any atom is 0.251 e. The number of halogens is 1. The van der Waals surface area contributed by atoms with Crippen molar-refractivity contribution in [1.29, 1.82) is 0 Å². The first kappa shape index (κ1) is 20.6. The van der Waals surface area contributed by atoms with Crippen LogP contribution in [0.2, 0.25) is 0 Å². The molecule has 0 radical (unpaired) electrons. The lowest BCUT2D eigenvalue weighted by molar-refractivity contribution is 0.0953. The van der Waals surface area contributed by atoms with E-state index in [1.165, 1.54) is 12.1 Å². The lowest BCUT2D eigenvalue weighted by Crippen LogP contribution is -2.25. The summed E-state index contributed by atoms with van der Waals surface area (Å²) < 4.78 is 20.6.